The van der Waals surface area contributed by atoms with Crippen molar-refractivity contribution >= 4 is 11.9 Å². The zero-order valence-corrected chi connectivity index (χ0v) is 29.0. The van der Waals surface area contributed by atoms with Crippen LogP contribution in [-0.4, -0.2) is 36.4 Å². The fourth-order valence-corrected chi connectivity index (χ4v) is 5.73. The Hall–Kier alpha value is -1.10. The minimum absolute atomic E-state index is 0.0581. The second-order valence-corrected chi connectivity index (χ2v) is 13.0. The fraction of sp³-hybridized carbons (Fsp3) is 0.947. The highest BCUT2D eigenvalue weighted by Gasteiger charge is 2.16. The molecule has 0 heterocycles. The second-order valence-electron chi connectivity index (χ2n) is 13.0. The molecule has 0 aliphatic rings. The molecule has 5 nitrogen and oxygen atoms in total. The van der Waals surface area contributed by atoms with E-state index in [-0.39, 0.29) is 25.2 Å². The van der Waals surface area contributed by atoms with Crippen LogP contribution in [0.3, 0.4) is 0 Å². The third kappa shape index (κ3) is 33.6. The lowest BCUT2D eigenvalue weighted by atomic mass is 10.0. The Labute approximate surface area is 268 Å². The van der Waals surface area contributed by atoms with E-state index in [1.165, 1.54) is 148 Å². The molecule has 0 saturated heterocycles. The highest BCUT2D eigenvalue weighted by molar-refractivity contribution is 5.70. The molecule has 0 unspecified atom stereocenters. The lowest BCUT2D eigenvalue weighted by Gasteiger charge is -2.15. The first kappa shape index (κ1) is 41.9. The van der Waals surface area contributed by atoms with Crippen molar-refractivity contribution in [2.45, 2.75) is 219 Å². The molecule has 0 aliphatic heterocycles. The summed E-state index contributed by atoms with van der Waals surface area (Å²) in [6, 6.07) is 0. The molecule has 0 spiro atoms. The molecule has 0 fully saturated rings. The van der Waals surface area contributed by atoms with E-state index in [4.69, 9.17) is 9.47 Å². The molecule has 0 aromatic rings. The molecule has 0 radical (unpaired) electrons. The number of esters is 2. The third-order valence-electron chi connectivity index (χ3n) is 8.65. The van der Waals surface area contributed by atoms with Crippen LogP contribution in [0.2, 0.25) is 0 Å². The number of aliphatic hydroxyl groups is 1. The van der Waals surface area contributed by atoms with E-state index >= 15 is 0 Å². The molecule has 5 heteroatoms. The Kier molecular flexibility index (Phi) is 34.5. The summed E-state index contributed by atoms with van der Waals surface area (Å²) < 4.78 is 10.5. The molecular formula is C38H74O5. The van der Waals surface area contributed by atoms with Gasteiger partial charge >= 0.3 is 11.9 Å². The molecule has 0 aliphatic carbocycles. The molecular weight excluding hydrogens is 536 g/mol. The zero-order chi connectivity index (χ0) is 31.5. The Morgan fingerprint density at radius 1 is 0.442 bits per heavy atom. The van der Waals surface area contributed by atoms with Crippen molar-refractivity contribution in [1.82, 2.24) is 0 Å². The van der Waals surface area contributed by atoms with Gasteiger partial charge in [-0.3, -0.25) is 9.59 Å². The minimum atomic E-state index is -0.759. The maximum absolute atomic E-state index is 12.1. The fourth-order valence-electron chi connectivity index (χ4n) is 5.73. The summed E-state index contributed by atoms with van der Waals surface area (Å²) in [5, 5.41) is 9.50. The topological polar surface area (TPSA) is 72.8 Å². The van der Waals surface area contributed by atoms with Crippen molar-refractivity contribution in [1.29, 1.82) is 0 Å². The van der Waals surface area contributed by atoms with Gasteiger partial charge < -0.3 is 14.6 Å². The molecule has 43 heavy (non-hydrogen) atoms. The lowest BCUT2D eigenvalue weighted by molar-refractivity contribution is -0.161. The Balaban J connectivity index is 3.43. The molecule has 0 bridgehead atoms. The third-order valence-corrected chi connectivity index (χ3v) is 8.65. The summed E-state index contributed by atoms with van der Waals surface area (Å²) >= 11 is 0. The smallest absolute Gasteiger partial charge is 0.306 e. The predicted octanol–water partition coefficient (Wildman–Crippen LogP) is 11.6. The summed E-state index contributed by atoms with van der Waals surface area (Å²) in [6.45, 7) is 4.12. The van der Waals surface area contributed by atoms with Gasteiger partial charge in [-0.15, -0.1) is 0 Å². The van der Waals surface area contributed by atoms with Crippen LogP contribution in [0.1, 0.15) is 213 Å². The summed E-state index contributed by atoms with van der Waals surface area (Å²) in [5.74, 6) is -0.583. The average molecular weight is 611 g/mol. The predicted molar refractivity (Wildman–Crippen MR) is 182 cm³/mol. The quantitative estimate of drug-likeness (QED) is 0.0571. The highest BCUT2D eigenvalue weighted by atomic mass is 16.6. The number of carbonyl (C=O) groups excluding carboxylic acids is 2. The lowest BCUT2D eigenvalue weighted by Crippen LogP contribution is -2.28. The van der Waals surface area contributed by atoms with Gasteiger partial charge in [-0.1, -0.05) is 187 Å². The van der Waals surface area contributed by atoms with E-state index in [9.17, 15) is 14.7 Å². The van der Waals surface area contributed by atoms with Gasteiger partial charge in [0.25, 0.3) is 0 Å². The van der Waals surface area contributed by atoms with E-state index in [1.54, 1.807) is 0 Å². The van der Waals surface area contributed by atoms with Gasteiger partial charge in [-0.2, -0.15) is 0 Å². The van der Waals surface area contributed by atoms with E-state index in [1.807, 2.05) is 0 Å². The molecule has 0 amide bonds. The van der Waals surface area contributed by atoms with Crippen molar-refractivity contribution in [2.75, 3.05) is 13.2 Å². The summed E-state index contributed by atoms with van der Waals surface area (Å²) in [5.41, 5.74) is 0. The van der Waals surface area contributed by atoms with Crippen molar-refractivity contribution in [3.63, 3.8) is 0 Å². The van der Waals surface area contributed by atoms with E-state index in [2.05, 4.69) is 13.8 Å². The maximum atomic E-state index is 12.1. The highest BCUT2D eigenvalue weighted by Crippen LogP contribution is 2.16. The van der Waals surface area contributed by atoms with E-state index < -0.39 is 6.10 Å². The Bertz CT molecular complexity index is 579. The molecule has 1 N–H and O–H groups in total. The van der Waals surface area contributed by atoms with Gasteiger partial charge in [0.2, 0.25) is 0 Å². The van der Waals surface area contributed by atoms with Gasteiger partial charge in [0.05, 0.1) is 6.61 Å². The van der Waals surface area contributed by atoms with E-state index in [0.717, 1.165) is 38.5 Å². The number of ether oxygens (including phenoxy) is 2. The first-order valence-electron chi connectivity index (χ1n) is 19.1. The second kappa shape index (κ2) is 35.4. The minimum Gasteiger partial charge on any atom is -0.462 e. The number of hydrogen-bond acceptors (Lipinski definition) is 5. The Morgan fingerprint density at radius 2 is 0.721 bits per heavy atom. The number of aliphatic hydroxyl groups excluding tert-OH is 1. The monoisotopic (exact) mass is 611 g/mol. The summed E-state index contributed by atoms with van der Waals surface area (Å²) in [7, 11) is 0. The van der Waals surface area contributed by atoms with Gasteiger partial charge in [-0.05, 0) is 12.8 Å². The van der Waals surface area contributed by atoms with Crippen molar-refractivity contribution < 1.29 is 24.2 Å². The molecule has 256 valence electrons. The van der Waals surface area contributed by atoms with Gasteiger partial charge in [0, 0.05) is 12.8 Å². The van der Waals surface area contributed by atoms with Crippen LogP contribution >= 0.6 is 0 Å². The molecule has 0 aromatic heterocycles. The standard InChI is InChI=1S/C38H74O5/c1-3-5-7-9-11-13-14-15-16-17-18-19-20-21-22-23-24-25-27-29-31-33-38(41)43-36(34-39)35-42-37(40)32-30-28-26-12-10-8-6-4-2/h36,39H,3-35H2,1-2H3/t36-/m0/s1. The normalized spacial score (nSPS) is 12.0. The molecule has 1 atom stereocenters. The number of unbranched alkanes of at least 4 members (excludes halogenated alkanes) is 27. The van der Waals surface area contributed by atoms with Gasteiger partial charge in [0.15, 0.2) is 6.10 Å². The Morgan fingerprint density at radius 3 is 1.02 bits per heavy atom. The van der Waals surface area contributed by atoms with Gasteiger partial charge in [-0.25, -0.2) is 0 Å². The van der Waals surface area contributed by atoms with Crippen LogP contribution in [0.5, 0.6) is 0 Å². The number of carbonyl (C=O) groups is 2. The first-order chi connectivity index (χ1) is 21.1. The number of rotatable bonds is 35. The van der Waals surface area contributed by atoms with Crippen LogP contribution in [0.25, 0.3) is 0 Å². The summed E-state index contributed by atoms with van der Waals surface area (Å²) in [4.78, 5) is 24.1. The molecule has 0 rings (SSSR count). The zero-order valence-electron chi connectivity index (χ0n) is 29.0. The van der Waals surface area contributed by atoms with Crippen LogP contribution in [-0.2, 0) is 19.1 Å². The number of hydrogen-bond donors (Lipinski definition) is 1. The average Bonchev–Trinajstić information content (AvgIpc) is 3.01. The van der Waals surface area contributed by atoms with Crippen LogP contribution < -0.4 is 0 Å². The SMILES string of the molecule is CCCCCCCCCCCCCCCCCCCCCCCC(=O)O[C@@H](CO)COC(=O)CCCCCCCCCC. The van der Waals surface area contributed by atoms with Crippen LogP contribution in [0.4, 0.5) is 0 Å². The summed E-state index contributed by atoms with van der Waals surface area (Å²) in [6.07, 6.45) is 37.5. The first-order valence-corrected chi connectivity index (χ1v) is 19.1. The van der Waals surface area contributed by atoms with E-state index in [0.29, 0.717) is 12.8 Å². The van der Waals surface area contributed by atoms with Crippen molar-refractivity contribution in [3.05, 3.63) is 0 Å². The van der Waals surface area contributed by atoms with Crippen LogP contribution in [0, 0.1) is 0 Å². The largest absolute Gasteiger partial charge is 0.462 e. The van der Waals surface area contributed by atoms with Crippen LogP contribution in [0.15, 0.2) is 0 Å². The maximum Gasteiger partial charge on any atom is 0.306 e. The molecule has 0 aromatic carbocycles. The van der Waals surface area contributed by atoms with Crippen molar-refractivity contribution in [2.24, 2.45) is 0 Å². The van der Waals surface area contributed by atoms with Crippen molar-refractivity contribution in [3.8, 4) is 0 Å². The molecule has 0 saturated carbocycles. The van der Waals surface area contributed by atoms with Gasteiger partial charge in [0.1, 0.15) is 6.61 Å².